The van der Waals surface area contributed by atoms with Gasteiger partial charge >= 0.3 is 0 Å². The molecule has 1 heteroatoms. The first-order valence-electron chi connectivity index (χ1n) is 8.11. The van der Waals surface area contributed by atoms with Crippen LogP contribution < -0.4 is 0 Å². The number of hydrogen-bond donors (Lipinski definition) is 1. The van der Waals surface area contributed by atoms with Gasteiger partial charge < -0.3 is 5.11 Å². The van der Waals surface area contributed by atoms with Gasteiger partial charge in [0.25, 0.3) is 0 Å². The predicted octanol–water partition coefficient (Wildman–Crippen LogP) is 5.48. The number of rotatable bonds is 6. The van der Waals surface area contributed by atoms with Crippen LogP contribution in [0.3, 0.4) is 0 Å². The van der Waals surface area contributed by atoms with E-state index in [0.717, 1.165) is 25.7 Å². The lowest BCUT2D eigenvalue weighted by Gasteiger charge is -2.28. The fourth-order valence-corrected chi connectivity index (χ4v) is 3.41. The van der Waals surface area contributed by atoms with Crippen molar-refractivity contribution in [2.45, 2.75) is 80.3 Å². The molecule has 0 aliphatic heterocycles. The summed E-state index contributed by atoms with van der Waals surface area (Å²) in [6.45, 7) is 15.3. The molecule has 0 heterocycles. The zero-order chi connectivity index (χ0) is 15.4. The van der Waals surface area contributed by atoms with Gasteiger partial charge in [-0.3, -0.25) is 0 Å². The summed E-state index contributed by atoms with van der Waals surface area (Å²) in [6, 6.07) is 0. The van der Waals surface area contributed by atoms with Crippen molar-refractivity contribution in [1.82, 2.24) is 0 Å². The molecule has 0 fully saturated rings. The first kappa shape index (κ1) is 17.2. The molecule has 1 atom stereocenters. The first-order chi connectivity index (χ1) is 9.36. The fraction of sp³-hybridized carbons (Fsp3) is 0.684. The van der Waals surface area contributed by atoms with Gasteiger partial charge in [0, 0.05) is 0 Å². The molecule has 0 amide bonds. The molecule has 0 bridgehead atoms. The SMILES string of the molecule is CCCC(CCC)C(O)c1c(C)c(C)c(C)c(C)c1C. The van der Waals surface area contributed by atoms with E-state index < -0.39 is 0 Å². The van der Waals surface area contributed by atoms with Crippen LogP contribution in [0.2, 0.25) is 0 Å². The summed E-state index contributed by atoms with van der Waals surface area (Å²) in [5.74, 6) is 0.393. The van der Waals surface area contributed by atoms with Crippen LogP contribution >= 0.6 is 0 Å². The minimum atomic E-state index is -0.312. The molecule has 0 aliphatic carbocycles. The van der Waals surface area contributed by atoms with Gasteiger partial charge in [-0.1, -0.05) is 26.7 Å². The second-order valence-corrected chi connectivity index (χ2v) is 6.32. The van der Waals surface area contributed by atoms with Crippen molar-refractivity contribution in [1.29, 1.82) is 0 Å². The Hall–Kier alpha value is -0.820. The largest absolute Gasteiger partial charge is 0.388 e. The molecule has 1 rings (SSSR count). The lowest BCUT2D eigenvalue weighted by molar-refractivity contribution is 0.0951. The number of aliphatic hydroxyl groups excluding tert-OH is 1. The van der Waals surface area contributed by atoms with Crippen LogP contribution in [0, 0.1) is 40.5 Å². The summed E-state index contributed by atoms with van der Waals surface area (Å²) in [4.78, 5) is 0. The van der Waals surface area contributed by atoms with E-state index in [-0.39, 0.29) is 6.10 Å². The number of benzene rings is 1. The van der Waals surface area contributed by atoms with Crippen LogP contribution in [0.1, 0.15) is 79.0 Å². The molecule has 1 aromatic carbocycles. The Morgan fingerprint density at radius 3 is 1.40 bits per heavy atom. The Bertz CT molecular complexity index is 424. The Morgan fingerprint density at radius 2 is 1.05 bits per heavy atom. The van der Waals surface area contributed by atoms with Gasteiger partial charge in [-0.15, -0.1) is 0 Å². The summed E-state index contributed by atoms with van der Waals surface area (Å²) in [6.07, 6.45) is 4.19. The molecule has 0 aromatic heterocycles. The lowest BCUT2D eigenvalue weighted by Crippen LogP contribution is -2.17. The molecular weight excluding hydrogens is 244 g/mol. The van der Waals surface area contributed by atoms with Gasteiger partial charge in [0.1, 0.15) is 0 Å². The third-order valence-corrected chi connectivity index (χ3v) is 5.12. The maximum atomic E-state index is 10.9. The zero-order valence-electron chi connectivity index (χ0n) is 14.4. The molecule has 1 nitrogen and oxygen atoms in total. The van der Waals surface area contributed by atoms with Crippen molar-refractivity contribution >= 4 is 0 Å². The molecule has 0 saturated heterocycles. The van der Waals surface area contributed by atoms with Crippen molar-refractivity contribution in [2.75, 3.05) is 0 Å². The average Bonchev–Trinajstić information content (AvgIpc) is 2.43. The van der Waals surface area contributed by atoms with Crippen LogP contribution in [0.5, 0.6) is 0 Å². The number of aliphatic hydroxyl groups is 1. The van der Waals surface area contributed by atoms with Gasteiger partial charge in [-0.2, -0.15) is 0 Å². The first-order valence-corrected chi connectivity index (χ1v) is 8.11. The average molecular weight is 276 g/mol. The van der Waals surface area contributed by atoms with E-state index in [9.17, 15) is 5.11 Å². The van der Waals surface area contributed by atoms with E-state index in [1.54, 1.807) is 0 Å². The van der Waals surface area contributed by atoms with Gasteiger partial charge in [0.05, 0.1) is 6.10 Å². The standard InChI is InChI=1S/C19H32O/c1-8-10-17(11-9-2)19(20)18-15(6)13(4)12(3)14(5)16(18)7/h17,19-20H,8-11H2,1-7H3. The Kier molecular flexibility index (Phi) is 6.26. The van der Waals surface area contributed by atoms with E-state index in [1.165, 1.54) is 33.4 Å². The smallest absolute Gasteiger partial charge is 0.0823 e. The Balaban J connectivity index is 3.30. The molecule has 114 valence electrons. The van der Waals surface area contributed by atoms with E-state index in [4.69, 9.17) is 0 Å². The second-order valence-electron chi connectivity index (χ2n) is 6.32. The van der Waals surface area contributed by atoms with Gasteiger partial charge in [-0.25, -0.2) is 0 Å². The summed E-state index contributed by atoms with van der Waals surface area (Å²) >= 11 is 0. The molecule has 0 saturated carbocycles. The number of hydrogen-bond acceptors (Lipinski definition) is 1. The van der Waals surface area contributed by atoms with Crippen LogP contribution in [0.15, 0.2) is 0 Å². The van der Waals surface area contributed by atoms with E-state index in [1.807, 2.05) is 0 Å². The van der Waals surface area contributed by atoms with Crippen LogP contribution in [-0.2, 0) is 0 Å². The molecule has 1 unspecified atom stereocenters. The zero-order valence-corrected chi connectivity index (χ0v) is 14.4. The molecular formula is C19H32O. The van der Waals surface area contributed by atoms with Crippen molar-refractivity contribution < 1.29 is 5.11 Å². The summed E-state index contributed by atoms with van der Waals surface area (Å²) < 4.78 is 0. The molecule has 0 radical (unpaired) electrons. The minimum Gasteiger partial charge on any atom is -0.388 e. The van der Waals surface area contributed by atoms with Crippen molar-refractivity contribution in [3.8, 4) is 0 Å². The fourth-order valence-electron chi connectivity index (χ4n) is 3.41. The van der Waals surface area contributed by atoms with E-state index in [2.05, 4.69) is 48.5 Å². The van der Waals surface area contributed by atoms with E-state index >= 15 is 0 Å². The molecule has 20 heavy (non-hydrogen) atoms. The van der Waals surface area contributed by atoms with Gasteiger partial charge in [-0.05, 0) is 86.8 Å². The summed E-state index contributed by atoms with van der Waals surface area (Å²) in [5.41, 5.74) is 7.82. The monoisotopic (exact) mass is 276 g/mol. The second kappa shape index (κ2) is 7.26. The highest BCUT2D eigenvalue weighted by molar-refractivity contribution is 5.50. The van der Waals surface area contributed by atoms with Crippen LogP contribution in [-0.4, -0.2) is 5.11 Å². The quantitative estimate of drug-likeness (QED) is 0.729. The van der Waals surface area contributed by atoms with Crippen molar-refractivity contribution in [2.24, 2.45) is 5.92 Å². The molecule has 0 aliphatic rings. The van der Waals surface area contributed by atoms with Crippen LogP contribution in [0.4, 0.5) is 0 Å². The lowest BCUT2D eigenvalue weighted by atomic mass is 9.81. The molecule has 1 aromatic rings. The Labute approximate surface area is 125 Å². The highest BCUT2D eigenvalue weighted by Crippen LogP contribution is 2.36. The van der Waals surface area contributed by atoms with Gasteiger partial charge in [0.15, 0.2) is 0 Å². The minimum absolute atomic E-state index is 0.312. The maximum absolute atomic E-state index is 10.9. The maximum Gasteiger partial charge on any atom is 0.0823 e. The van der Waals surface area contributed by atoms with Crippen molar-refractivity contribution in [3.63, 3.8) is 0 Å². The predicted molar refractivity (Wildman–Crippen MR) is 88.4 cm³/mol. The van der Waals surface area contributed by atoms with E-state index in [0.29, 0.717) is 5.92 Å². The normalized spacial score (nSPS) is 13.1. The molecule has 0 spiro atoms. The highest BCUT2D eigenvalue weighted by Gasteiger charge is 2.24. The van der Waals surface area contributed by atoms with Gasteiger partial charge in [0.2, 0.25) is 0 Å². The summed E-state index contributed by atoms with van der Waals surface area (Å²) in [7, 11) is 0. The van der Waals surface area contributed by atoms with Crippen molar-refractivity contribution in [3.05, 3.63) is 33.4 Å². The molecule has 1 N–H and O–H groups in total. The van der Waals surface area contributed by atoms with Crippen LogP contribution in [0.25, 0.3) is 0 Å². The topological polar surface area (TPSA) is 20.2 Å². The Morgan fingerprint density at radius 1 is 0.700 bits per heavy atom. The summed E-state index contributed by atoms with van der Waals surface area (Å²) in [5, 5.41) is 10.9. The highest BCUT2D eigenvalue weighted by atomic mass is 16.3. The third-order valence-electron chi connectivity index (χ3n) is 5.12. The third kappa shape index (κ3) is 3.25.